The van der Waals surface area contributed by atoms with E-state index in [4.69, 9.17) is 5.73 Å². The van der Waals surface area contributed by atoms with Crippen molar-refractivity contribution in [3.05, 3.63) is 41.9 Å². The average molecular weight is 228 g/mol. The summed E-state index contributed by atoms with van der Waals surface area (Å²) >= 11 is 0. The molecular formula is C13H16N4. The Balaban J connectivity index is 2.43. The molecule has 2 rings (SSSR count). The first-order valence-corrected chi connectivity index (χ1v) is 5.45. The fourth-order valence-electron chi connectivity index (χ4n) is 1.88. The van der Waals surface area contributed by atoms with Crippen LogP contribution in [0.1, 0.15) is 11.1 Å². The lowest BCUT2D eigenvalue weighted by atomic mass is 10.1. The van der Waals surface area contributed by atoms with Gasteiger partial charge in [-0.2, -0.15) is 0 Å². The second kappa shape index (κ2) is 4.41. The van der Waals surface area contributed by atoms with E-state index in [0.29, 0.717) is 5.69 Å². The Hall–Kier alpha value is -2.10. The quantitative estimate of drug-likeness (QED) is 0.857. The van der Waals surface area contributed by atoms with Crippen molar-refractivity contribution in [1.29, 1.82) is 0 Å². The Morgan fingerprint density at radius 1 is 1.12 bits per heavy atom. The molecule has 4 heteroatoms. The lowest BCUT2D eigenvalue weighted by molar-refractivity contribution is 1.08. The topological polar surface area (TPSA) is 55.0 Å². The number of anilines is 3. The van der Waals surface area contributed by atoms with Crippen LogP contribution in [0.2, 0.25) is 0 Å². The van der Waals surface area contributed by atoms with Gasteiger partial charge in [0.2, 0.25) is 0 Å². The average Bonchev–Trinajstić information content (AvgIpc) is 2.27. The van der Waals surface area contributed by atoms with Crippen molar-refractivity contribution >= 4 is 17.2 Å². The number of nitrogen functional groups attached to an aromatic ring is 1. The van der Waals surface area contributed by atoms with Gasteiger partial charge in [-0.05, 0) is 37.1 Å². The van der Waals surface area contributed by atoms with Gasteiger partial charge in [-0.25, -0.2) is 9.97 Å². The molecule has 17 heavy (non-hydrogen) atoms. The SMILES string of the molecule is Cc1cc(C)cc(N(C)c2ncncc2N)c1. The molecule has 0 bridgehead atoms. The summed E-state index contributed by atoms with van der Waals surface area (Å²) < 4.78 is 0. The fourth-order valence-corrected chi connectivity index (χ4v) is 1.88. The molecule has 0 fully saturated rings. The summed E-state index contributed by atoms with van der Waals surface area (Å²) in [7, 11) is 1.95. The van der Waals surface area contributed by atoms with E-state index in [1.165, 1.54) is 17.5 Å². The molecule has 0 radical (unpaired) electrons. The minimum absolute atomic E-state index is 0.578. The summed E-state index contributed by atoms with van der Waals surface area (Å²) in [5.74, 6) is 0.727. The second-order valence-corrected chi connectivity index (χ2v) is 4.21. The molecule has 1 aromatic carbocycles. The van der Waals surface area contributed by atoms with Crippen molar-refractivity contribution in [2.75, 3.05) is 17.7 Å². The monoisotopic (exact) mass is 228 g/mol. The van der Waals surface area contributed by atoms with E-state index in [2.05, 4.69) is 42.0 Å². The first-order valence-electron chi connectivity index (χ1n) is 5.45. The minimum Gasteiger partial charge on any atom is -0.394 e. The lowest BCUT2D eigenvalue weighted by Crippen LogP contribution is -2.13. The summed E-state index contributed by atoms with van der Waals surface area (Å²) in [5, 5.41) is 0. The third-order valence-corrected chi connectivity index (χ3v) is 2.63. The van der Waals surface area contributed by atoms with Crippen LogP contribution in [0.4, 0.5) is 17.2 Å². The number of benzene rings is 1. The Labute approximate surface area is 101 Å². The first kappa shape index (κ1) is 11.4. The van der Waals surface area contributed by atoms with E-state index in [1.54, 1.807) is 6.20 Å². The van der Waals surface area contributed by atoms with Crippen LogP contribution in [0.15, 0.2) is 30.7 Å². The van der Waals surface area contributed by atoms with E-state index in [-0.39, 0.29) is 0 Å². The van der Waals surface area contributed by atoms with Crippen molar-refractivity contribution in [1.82, 2.24) is 9.97 Å². The zero-order valence-electron chi connectivity index (χ0n) is 10.3. The van der Waals surface area contributed by atoms with Crippen LogP contribution < -0.4 is 10.6 Å². The zero-order valence-corrected chi connectivity index (χ0v) is 10.3. The van der Waals surface area contributed by atoms with Crippen LogP contribution in [0.25, 0.3) is 0 Å². The summed E-state index contributed by atoms with van der Waals surface area (Å²) in [6.45, 7) is 4.15. The predicted molar refractivity (Wildman–Crippen MR) is 70.4 cm³/mol. The highest BCUT2D eigenvalue weighted by Crippen LogP contribution is 2.27. The molecule has 1 heterocycles. The second-order valence-electron chi connectivity index (χ2n) is 4.21. The minimum atomic E-state index is 0.578. The Bertz CT molecular complexity index is 516. The number of hydrogen-bond donors (Lipinski definition) is 1. The van der Waals surface area contributed by atoms with Gasteiger partial charge < -0.3 is 10.6 Å². The van der Waals surface area contributed by atoms with Crippen molar-refractivity contribution in [3.8, 4) is 0 Å². The highest BCUT2D eigenvalue weighted by atomic mass is 15.2. The summed E-state index contributed by atoms with van der Waals surface area (Å²) in [4.78, 5) is 10.1. The van der Waals surface area contributed by atoms with Gasteiger partial charge in [-0.3, -0.25) is 0 Å². The van der Waals surface area contributed by atoms with Gasteiger partial charge in [0.25, 0.3) is 0 Å². The summed E-state index contributed by atoms with van der Waals surface area (Å²) in [5.41, 5.74) is 9.97. The third-order valence-electron chi connectivity index (χ3n) is 2.63. The van der Waals surface area contributed by atoms with Crippen LogP contribution in [0.3, 0.4) is 0 Å². The lowest BCUT2D eigenvalue weighted by Gasteiger charge is -2.20. The number of hydrogen-bond acceptors (Lipinski definition) is 4. The molecule has 0 saturated heterocycles. The molecule has 0 aliphatic carbocycles. The van der Waals surface area contributed by atoms with Crippen LogP contribution >= 0.6 is 0 Å². The van der Waals surface area contributed by atoms with Crippen molar-refractivity contribution in [2.45, 2.75) is 13.8 Å². The predicted octanol–water partition coefficient (Wildman–Crippen LogP) is 2.44. The van der Waals surface area contributed by atoms with E-state index in [1.807, 2.05) is 11.9 Å². The molecule has 2 aromatic rings. The van der Waals surface area contributed by atoms with Crippen molar-refractivity contribution in [3.63, 3.8) is 0 Å². The summed E-state index contributed by atoms with van der Waals surface area (Å²) in [6, 6.07) is 6.35. The Kier molecular flexibility index (Phi) is 2.95. The summed E-state index contributed by atoms with van der Waals surface area (Å²) in [6.07, 6.45) is 3.12. The molecule has 0 aliphatic rings. The third kappa shape index (κ3) is 2.36. The molecule has 88 valence electrons. The molecule has 1 aromatic heterocycles. The van der Waals surface area contributed by atoms with Gasteiger partial charge >= 0.3 is 0 Å². The van der Waals surface area contributed by atoms with Crippen LogP contribution in [0, 0.1) is 13.8 Å². The van der Waals surface area contributed by atoms with Crippen molar-refractivity contribution in [2.24, 2.45) is 0 Å². The normalized spacial score (nSPS) is 10.3. The number of rotatable bonds is 2. The highest BCUT2D eigenvalue weighted by molar-refractivity contribution is 5.70. The molecule has 4 nitrogen and oxygen atoms in total. The van der Waals surface area contributed by atoms with Crippen molar-refractivity contribution < 1.29 is 0 Å². The molecular weight excluding hydrogens is 212 g/mol. The highest BCUT2D eigenvalue weighted by Gasteiger charge is 2.09. The first-order chi connectivity index (χ1) is 8.08. The Morgan fingerprint density at radius 3 is 2.35 bits per heavy atom. The number of nitrogens with two attached hydrogens (primary N) is 1. The molecule has 0 saturated carbocycles. The van der Waals surface area contributed by atoms with Crippen LogP contribution in [-0.4, -0.2) is 17.0 Å². The smallest absolute Gasteiger partial charge is 0.159 e. The standard InChI is InChI=1S/C13H16N4/c1-9-4-10(2)6-11(5-9)17(3)13-12(14)7-15-8-16-13/h4-8H,14H2,1-3H3. The maximum atomic E-state index is 5.87. The zero-order chi connectivity index (χ0) is 12.4. The number of aryl methyl sites for hydroxylation is 2. The van der Waals surface area contributed by atoms with Crippen LogP contribution in [0.5, 0.6) is 0 Å². The molecule has 0 unspecified atom stereocenters. The molecule has 0 spiro atoms. The van der Waals surface area contributed by atoms with Gasteiger partial charge in [-0.1, -0.05) is 6.07 Å². The fraction of sp³-hybridized carbons (Fsp3) is 0.231. The van der Waals surface area contributed by atoms with E-state index in [9.17, 15) is 0 Å². The largest absolute Gasteiger partial charge is 0.394 e. The van der Waals surface area contributed by atoms with Gasteiger partial charge in [0.15, 0.2) is 5.82 Å². The van der Waals surface area contributed by atoms with E-state index >= 15 is 0 Å². The van der Waals surface area contributed by atoms with Gasteiger partial charge in [0, 0.05) is 12.7 Å². The van der Waals surface area contributed by atoms with E-state index < -0.39 is 0 Å². The molecule has 0 atom stereocenters. The maximum absolute atomic E-state index is 5.87. The Morgan fingerprint density at radius 2 is 1.76 bits per heavy atom. The molecule has 2 N–H and O–H groups in total. The van der Waals surface area contributed by atoms with Crippen LogP contribution in [-0.2, 0) is 0 Å². The maximum Gasteiger partial charge on any atom is 0.159 e. The van der Waals surface area contributed by atoms with Gasteiger partial charge in [-0.15, -0.1) is 0 Å². The van der Waals surface area contributed by atoms with Gasteiger partial charge in [0.1, 0.15) is 6.33 Å². The molecule has 0 aliphatic heterocycles. The number of aromatic nitrogens is 2. The van der Waals surface area contributed by atoms with Gasteiger partial charge in [0.05, 0.1) is 11.9 Å². The van der Waals surface area contributed by atoms with E-state index in [0.717, 1.165) is 11.5 Å². The molecule has 0 amide bonds. The number of nitrogens with zero attached hydrogens (tertiary/aromatic N) is 3.